The van der Waals surface area contributed by atoms with Gasteiger partial charge in [0.15, 0.2) is 0 Å². The van der Waals surface area contributed by atoms with Crippen LogP contribution in [-0.2, 0) is 0 Å². The number of ether oxygens (including phenoxy) is 1. The number of carbonyl (C=O) groups is 1. The molecule has 3 N–H and O–H groups in total. The van der Waals surface area contributed by atoms with Gasteiger partial charge >= 0.3 is 0 Å². The number of nitrogens with two attached hydrogens (primary N) is 1. The highest BCUT2D eigenvalue weighted by molar-refractivity contribution is 5.95. The fourth-order valence-corrected chi connectivity index (χ4v) is 2.34. The van der Waals surface area contributed by atoms with Crippen LogP contribution in [0.15, 0.2) is 12.1 Å². The van der Waals surface area contributed by atoms with Crippen LogP contribution in [0.2, 0.25) is 0 Å². The van der Waals surface area contributed by atoms with Gasteiger partial charge in [0.25, 0.3) is 5.91 Å². The molecule has 0 bridgehead atoms. The standard InChI is InChI=1S/C14H20FN3O2/c1-3-20-13-6-10(11(15)7-12(13)16)14(19)17-9-4-5-18(2)8-9/h6-7,9H,3-5,8,16H2,1-2H3,(H,17,19). The van der Waals surface area contributed by atoms with Gasteiger partial charge in [-0.1, -0.05) is 0 Å². The molecule has 1 heterocycles. The molecule has 1 atom stereocenters. The molecule has 0 aromatic heterocycles. The average molecular weight is 281 g/mol. The number of amides is 1. The van der Waals surface area contributed by atoms with E-state index >= 15 is 0 Å². The summed E-state index contributed by atoms with van der Waals surface area (Å²) in [4.78, 5) is 14.3. The Bertz CT molecular complexity index is 507. The summed E-state index contributed by atoms with van der Waals surface area (Å²) in [6.45, 7) is 3.92. The van der Waals surface area contributed by atoms with E-state index in [4.69, 9.17) is 10.5 Å². The molecule has 0 aliphatic carbocycles. The summed E-state index contributed by atoms with van der Waals surface area (Å²) in [6, 6.07) is 2.54. The van der Waals surface area contributed by atoms with Gasteiger partial charge in [0.2, 0.25) is 0 Å². The molecule has 1 unspecified atom stereocenters. The topological polar surface area (TPSA) is 67.6 Å². The van der Waals surface area contributed by atoms with Crippen LogP contribution in [0.25, 0.3) is 0 Å². The molecule has 0 saturated carbocycles. The summed E-state index contributed by atoms with van der Waals surface area (Å²) in [6.07, 6.45) is 0.872. The third kappa shape index (κ3) is 3.19. The van der Waals surface area contributed by atoms with E-state index in [1.54, 1.807) is 6.92 Å². The van der Waals surface area contributed by atoms with Crippen LogP contribution in [0.3, 0.4) is 0 Å². The van der Waals surface area contributed by atoms with Crippen molar-refractivity contribution in [2.75, 3.05) is 32.5 Å². The van der Waals surface area contributed by atoms with E-state index in [1.807, 2.05) is 7.05 Å². The second kappa shape index (κ2) is 6.09. The van der Waals surface area contributed by atoms with Crippen molar-refractivity contribution in [3.05, 3.63) is 23.5 Å². The monoisotopic (exact) mass is 281 g/mol. The van der Waals surface area contributed by atoms with E-state index in [-0.39, 0.29) is 17.3 Å². The first kappa shape index (κ1) is 14.6. The van der Waals surface area contributed by atoms with Gasteiger partial charge in [0, 0.05) is 18.7 Å². The number of nitrogen functional groups attached to an aromatic ring is 1. The van der Waals surface area contributed by atoms with E-state index in [2.05, 4.69) is 10.2 Å². The van der Waals surface area contributed by atoms with Gasteiger partial charge in [-0.15, -0.1) is 0 Å². The summed E-state index contributed by atoms with van der Waals surface area (Å²) in [7, 11) is 1.99. The maximum atomic E-state index is 13.9. The number of likely N-dealkylation sites (N-methyl/N-ethyl adjacent to an activating group) is 1. The van der Waals surface area contributed by atoms with Gasteiger partial charge in [-0.05, 0) is 33.0 Å². The average Bonchev–Trinajstić information content (AvgIpc) is 2.78. The quantitative estimate of drug-likeness (QED) is 0.815. The van der Waals surface area contributed by atoms with Crippen molar-refractivity contribution in [3.63, 3.8) is 0 Å². The zero-order valence-corrected chi connectivity index (χ0v) is 11.8. The Morgan fingerprint density at radius 2 is 2.35 bits per heavy atom. The lowest BCUT2D eigenvalue weighted by atomic mass is 10.1. The molecule has 110 valence electrons. The maximum Gasteiger partial charge on any atom is 0.254 e. The van der Waals surface area contributed by atoms with Gasteiger partial charge in [-0.2, -0.15) is 0 Å². The Hall–Kier alpha value is -1.82. The summed E-state index contributed by atoms with van der Waals surface area (Å²) < 4.78 is 19.2. The van der Waals surface area contributed by atoms with Crippen molar-refractivity contribution in [1.82, 2.24) is 10.2 Å². The first-order valence-corrected chi connectivity index (χ1v) is 6.72. The molecule has 1 aromatic carbocycles. The summed E-state index contributed by atoms with van der Waals surface area (Å²) in [5.74, 6) is -0.721. The number of nitrogens with zero attached hydrogens (tertiary/aromatic N) is 1. The molecule has 0 spiro atoms. The third-order valence-corrected chi connectivity index (χ3v) is 3.37. The van der Waals surface area contributed by atoms with E-state index in [9.17, 15) is 9.18 Å². The third-order valence-electron chi connectivity index (χ3n) is 3.37. The summed E-state index contributed by atoms with van der Waals surface area (Å²) >= 11 is 0. The first-order chi connectivity index (χ1) is 9.51. The smallest absolute Gasteiger partial charge is 0.254 e. The molecule has 1 aromatic rings. The Kier molecular flexibility index (Phi) is 4.44. The molecule has 2 rings (SSSR count). The molecule has 20 heavy (non-hydrogen) atoms. The number of likely N-dealkylation sites (tertiary alicyclic amines) is 1. The van der Waals surface area contributed by atoms with Crippen molar-refractivity contribution in [2.45, 2.75) is 19.4 Å². The fourth-order valence-electron chi connectivity index (χ4n) is 2.34. The highest BCUT2D eigenvalue weighted by Crippen LogP contribution is 2.25. The zero-order valence-electron chi connectivity index (χ0n) is 11.8. The van der Waals surface area contributed by atoms with Crippen LogP contribution in [-0.4, -0.2) is 43.6 Å². The molecule has 6 heteroatoms. The molecule has 1 aliphatic heterocycles. The SMILES string of the molecule is CCOc1cc(C(=O)NC2CCN(C)C2)c(F)cc1N. The minimum absolute atomic E-state index is 0.0304. The van der Waals surface area contributed by atoms with E-state index in [0.29, 0.717) is 12.4 Å². The fraction of sp³-hybridized carbons (Fsp3) is 0.500. The Morgan fingerprint density at radius 3 is 2.95 bits per heavy atom. The van der Waals surface area contributed by atoms with Crippen molar-refractivity contribution < 1.29 is 13.9 Å². The minimum atomic E-state index is -0.630. The number of nitrogens with one attached hydrogen (secondary N) is 1. The van der Waals surface area contributed by atoms with Crippen LogP contribution >= 0.6 is 0 Å². The van der Waals surface area contributed by atoms with Crippen molar-refractivity contribution in [2.24, 2.45) is 0 Å². The molecule has 5 nitrogen and oxygen atoms in total. The predicted octanol–water partition coefficient (Wildman–Crippen LogP) is 1.24. The summed E-state index contributed by atoms with van der Waals surface area (Å²) in [5, 5.41) is 2.84. The highest BCUT2D eigenvalue weighted by Gasteiger charge is 2.23. The largest absolute Gasteiger partial charge is 0.492 e. The number of benzene rings is 1. The van der Waals surface area contributed by atoms with Gasteiger partial charge in [0.1, 0.15) is 11.6 Å². The number of carbonyl (C=O) groups excluding carboxylic acids is 1. The van der Waals surface area contributed by atoms with Crippen LogP contribution in [0.4, 0.5) is 10.1 Å². The van der Waals surface area contributed by atoms with Crippen molar-refractivity contribution >= 4 is 11.6 Å². The number of halogens is 1. The normalized spacial score (nSPS) is 19.1. The predicted molar refractivity (Wildman–Crippen MR) is 75.3 cm³/mol. The van der Waals surface area contributed by atoms with Gasteiger partial charge in [-0.25, -0.2) is 4.39 Å². The second-order valence-electron chi connectivity index (χ2n) is 5.02. The first-order valence-electron chi connectivity index (χ1n) is 6.72. The lowest BCUT2D eigenvalue weighted by Gasteiger charge is -2.14. The molecule has 1 saturated heterocycles. The highest BCUT2D eigenvalue weighted by atomic mass is 19.1. The lowest BCUT2D eigenvalue weighted by molar-refractivity contribution is 0.0934. The molecule has 1 aliphatic rings. The van der Waals surface area contributed by atoms with Gasteiger partial charge in [-0.3, -0.25) is 4.79 Å². The molecular weight excluding hydrogens is 261 g/mol. The Morgan fingerprint density at radius 1 is 1.60 bits per heavy atom. The number of rotatable bonds is 4. The minimum Gasteiger partial charge on any atom is -0.492 e. The summed E-state index contributed by atoms with van der Waals surface area (Å²) in [5.41, 5.74) is 5.82. The van der Waals surface area contributed by atoms with Gasteiger partial charge < -0.3 is 20.7 Å². The number of hydrogen-bond donors (Lipinski definition) is 2. The Labute approximate surface area is 117 Å². The van der Waals surface area contributed by atoms with Crippen LogP contribution in [0.1, 0.15) is 23.7 Å². The Balaban J connectivity index is 2.14. The van der Waals surface area contributed by atoms with Crippen molar-refractivity contribution in [3.8, 4) is 5.75 Å². The van der Waals surface area contributed by atoms with E-state index in [1.165, 1.54) is 6.07 Å². The number of hydrogen-bond acceptors (Lipinski definition) is 4. The molecular formula is C14H20FN3O2. The lowest BCUT2D eigenvalue weighted by Crippen LogP contribution is -2.36. The molecule has 1 amide bonds. The van der Waals surface area contributed by atoms with Crippen LogP contribution in [0.5, 0.6) is 5.75 Å². The maximum absolute atomic E-state index is 13.9. The van der Waals surface area contributed by atoms with E-state index < -0.39 is 11.7 Å². The zero-order chi connectivity index (χ0) is 14.7. The molecule has 1 fully saturated rings. The van der Waals surface area contributed by atoms with Gasteiger partial charge in [0.05, 0.1) is 17.9 Å². The second-order valence-corrected chi connectivity index (χ2v) is 5.02. The van der Waals surface area contributed by atoms with E-state index in [0.717, 1.165) is 25.6 Å². The van der Waals surface area contributed by atoms with Crippen LogP contribution < -0.4 is 15.8 Å². The van der Waals surface area contributed by atoms with Crippen molar-refractivity contribution in [1.29, 1.82) is 0 Å². The van der Waals surface area contributed by atoms with Crippen LogP contribution in [0, 0.1) is 5.82 Å². The molecule has 0 radical (unpaired) electrons. The number of anilines is 1.